The highest BCUT2D eigenvalue weighted by molar-refractivity contribution is 5.00. The molecule has 1 aliphatic heterocycles. The van der Waals surface area contributed by atoms with Crippen LogP contribution in [0.4, 0.5) is 4.39 Å². The van der Waals surface area contributed by atoms with E-state index in [0.29, 0.717) is 19.0 Å². The summed E-state index contributed by atoms with van der Waals surface area (Å²) >= 11 is 0. The van der Waals surface area contributed by atoms with Gasteiger partial charge in [0.25, 0.3) is 0 Å². The summed E-state index contributed by atoms with van der Waals surface area (Å²) in [4.78, 5) is 0. The van der Waals surface area contributed by atoms with Crippen LogP contribution >= 0.6 is 0 Å². The van der Waals surface area contributed by atoms with E-state index in [1.54, 1.807) is 0 Å². The molecule has 1 heterocycles. The Balaban J connectivity index is 1.98. The molecule has 0 amide bonds. The molecule has 1 nitrogen and oxygen atoms in total. The minimum absolute atomic E-state index is 0.326. The lowest BCUT2D eigenvalue weighted by Gasteiger charge is -2.46. The summed E-state index contributed by atoms with van der Waals surface area (Å²) in [6.07, 6.45) is 3.49. The molecule has 0 spiro atoms. The van der Waals surface area contributed by atoms with Crippen LogP contribution in [-0.4, -0.2) is 18.8 Å². The smallest absolute Gasteiger partial charge is 0.138 e. The van der Waals surface area contributed by atoms with Gasteiger partial charge in [-0.05, 0) is 37.0 Å². The quantitative estimate of drug-likeness (QED) is 0.661. The monoisotopic (exact) mass is 185 g/mol. The number of halogens is 1. The molecule has 2 unspecified atom stereocenters. The summed E-state index contributed by atoms with van der Waals surface area (Å²) in [7, 11) is 0. The van der Waals surface area contributed by atoms with Crippen LogP contribution in [0.2, 0.25) is 0 Å². The standard InChI is InChI=1S/C11H20FN/c1-8-3-9(2)5-10(4-8)11(12)6-13-7-11/h8-10,13H,3-7H2,1-2H3. The average Bonchev–Trinajstić information content (AvgIpc) is 1.98. The van der Waals surface area contributed by atoms with Crippen molar-refractivity contribution in [2.75, 3.05) is 13.1 Å². The molecule has 0 bridgehead atoms. The zero-order chi connectivity index (χ0) is 9.47. The lowest BCUT2D eigenvalue weighted by molar-refractivity contribution is -0.0138. The lowest BCUT2D eigenvalue weighted by Crippen LogP contribution is -2.61. The molecule has 13 heavy (non-hydrogen) atoms. The van der Waals surface area contributed by atoms with Gasteiger partial charge in [-0.2, -0.15) is 0 Å². The second-order valence-corrected chi connectivity index (χ2v) is 5.25. The van der Waals surface area contributed by atoms with Gasteiger partial charge in [0.2, 0.25) is 0 Å². The van der Waals surface area contributed by atoms with E-state index in [0.717, 1.165) is 24.7 Å². The summed E-state index contributed by atoms with van der Waals surface area (Å²) in [5, 5.41) is 3.05. The van der Waals surface area contributed by atoms with Crippen LogP contribution in [-0.2, 0) is 0 Å². The molecule has 0 aromatic rings. The highest BCUT2D eigenvalue weighted by Gasteiger charge is 2.46. The van der Waals surface area contributed by atoms with Crippen LogP contribution in [0.15, 0.2) is 0 Å². The normalized spacial score (nSPS) is 44.1. The van der Waals surface area contributed by atoms with E-state index in [4.69, 9.17) is 0 Å². The minimum atomic E-state index is -0.858. The first-order valence-corrected chi connectivity index (χ1v) is 5.50. The third-order valence-corrected chi connectivity index (χ3v) is 3.75. The molecule has 2 atom stereocenters. The van der Waals surface area contributed by atoms with Crippen LogP contribution in [0, 0.1) is 17.8 Å². The van der Waals surface area contributed by atoms with Crippen LogP contribution in [0.3, 0.4) is 0 Å². The number of hydrogen-bond donors (Lipinski definition) is 1. The fourth-order valence-electron chi connectivity index (χ4n) is 3.02. The highest BCUT2D eigenvalue weighted by atomic mass is 19.1. The fourth-order valence-corrected chi connectivity index (χ4v) is 3.02. The Kier molecular flexibility index (Phi) is 2.35. The van der Waals surface area contributed by atoms with Crippen molar-refractivity contribution in [3.05, 3.63) is 0 Å². The predicted molar refractivity (Wildman–Crippen MR) is 52.4 cm³/mol. The molecular formula is C11H20FN. The first-order valence-electron chi connectivity index (χ1n) is 5.50. The Hall–Kier alpha value is -0.110. The van der Waals surface area contributed by atoms with Crippen LogP contribution < -0.4 is 5.32 Å². The molecule has 1 N–H and O–H groups in total. The van der Waals surface area contributed by atoms with Gasteiger partial charge in [-0.15, -0.1) is 0 Å². The number of rotatable bonds is 1. The first-order chi connectivity index (χ1) is 6.10. The Morgan fingerprint density at radius 2 is 1.62 bits per heavy atom. The molecular weight excluding hydrogens is 165 g/mol. The number of nitrogens with one attached hydrogen (secondary N) is 1. The maximum absolute atomic E-state index is 14.1. The van der Waals surface area contributed by atoms with E-state index < -0.39 is 5.67 Å². The molecule has 2 heteroatoms. The molecule has 76 valence electrons. The maximum atomic E-state index is 14.1. The SMILES string of the molecule is CC1CC(C)CC(C2(F)CNC2)C1. The van der Waals surface area contributed by atoms with Gasteiger partial charge in [-0.3, -0.25) is 0 Å². The van der Waals surface area contributed by atoms with Crippen molar-refractivity contribution in [2.45, 2.75) is 38.8 Å². The fraction of sp³-hybridized carbons (Fsp3) is 1.00. The summed E-state index contributed by atoms with van der Waals surface area (Å²) < 4.78 is 14.1. The molecule has 1 saturated heterocycles. The topological polar surface area (TPSA) is 12.0 Å². The molecule has 2 aliphatic rings. The van der Waals surface area contributed by atoms with E-state index >= 15 is 0 Å². The largest absolute Gasteiger partial charge is 0.310 e. The summed E-state index contributed by atoms with van der Waals surface area (Å²) in [5.74, 6) is 1.77. The second kappa shape index (κ2) is 3.23. The van der Waals surface area contributed by atoms with Crippen LogP contribution in [0.1, 0.15) is 33.1 Å². The molecule has 0 aromatic carbocycles. The summed E-state index contributed by atoms with van der Waals surface area (Å²) in [5.41, 5.74) is -0.858. The Morgan fingerprint density at radius 3 is 2.00 bits per heavy atom. The maximum Gasteiger partial charge on any atom is 0.138 e. The van der Waals surface area contributed by atoms with Crippen molar-refractivity contribution in [1.29, 1.82) is 0 Å². The van der Waals surface area contributed by atoms with E-state index in [9.17, 15) is 4.39 Å². The average molecular weight is 185 g/mol. The molecule has 1 saturated carbocycles. The summed E-state index contributed by atoms with van der Waals surface area (Å²) in [6.45, 7) is 5.71. The molecule has 0 aromatic heterocycles. The summed E-state index contributed by atoms with van der Waals surface area (Å²) in [6, 6.07) is 0. The Bertz CT molecular complexity index is 179. The van der Waals surface area contributed by atoms with Crippen molar-refractivity contribution in [1.82, 2.24) is 5.32 Å². The van der Waals surface area contributed by atoms with Crippen LogP contribution in [0.5, 0.6) is 0 Å². The third kappa shape index (κ3) is 1.74. The highest BCUT2D eigenvalue weighted by Crippen LogP contribution is 2.42. The van der Waals surface area contributed by atoms with Crippen molar-refractivity contribution in [2.24, 2.45) is 17.8 Å². The second-order valence-electron chi connectivity index (χ2n) is 5.25. The van der Waals surface area contributed by atoms with Crippen LogP contribution in [0.25, 0.3) is 0 Å². The lowest BCUT2D eigenvalue weighted by atomic mass is 9.68. The zero-order valence-electron chi connectivity index (χ0n) is 8.65. The van der Waals surface area contributed by atoms with E-state index in [1.807, 2.05) is 0 Å². The van der Waals surface area contributed by atoms with Gasteiger partial charge < -0.3 is 5.32 Å². The number of alkyl halides is 1. The van der Waals surface area contributed by atoms with Crippen molar-refractivity contribution in [3.8, 4) is 0 Å². The van der Waals surface area contributed by atoms with Gasteiger partial charge in [0, 0.05) is 13.1 Å². The van der Waals surface area contributed by atoms with Gasteiger partial charge in [0.05, 0.1) is 0 Å². The zero-order valence-corrected chi connectivity index (χ0v) is 8.65. The van der Waals surface area contributed by atoms with E-state index in [1.165, 1.54) is 6.42 Å². The third-order valence-electron chi connectivity index (χ3n) is 3.75. The van der Waals surface area contributed by atoms with Gasteiger partial charge in [-0.1, -0.05) is 13.8 Å². The molecule has 1 aliphatic carbocycles. The van der Waals surface area contributed by atoms with Crippen molar-refractivity contribution in [3.63, 3.8) is 0 Å². The van der Waals surface area contributed by atoms with E-state index in [-0.39, 0.29) is 0 Å². The first kappa shape index (κ1) is 9.45. The van der Waals surface area contributed by atoms with Gasteiger partial charge >= 0.3 is 0 Å². The molecule has 2 fully saturated rings. The molecule has 2 rings (SSSR count). The van der Waals surface area contributed by atoms with Gasteiger partial charge in [0.15, 0.2) is 0 Å². The molecule has 0 radical (unpaired) electrons. The Morgan fingerprint density at radius 1 is 1.08 bits per heavy atom. The Labute approximate surface area is 80.1 Å². The van der Waals surface area contributed by atoms with Gasteiger partial charge in [-0.25, -0.2) is 4.39 Å². The predicted octanol–water partition coefficient (Wildman–Crippen LogP) is 2.37. The minimum Gasteiger partial charge on any atom is -0.310 e. The van der Waals surface area contributed by atoms with E-state index in [2.05, 4.69) is 19.2 Å². The van der Waals surface area contributed by atoms with Crippen molar-refractivity contribution < 1.29 is 4.39 Å². The van der Waals surface area contributed by atoms with Crippen molar-refractivity contribution >= 4 is 0 Å². The van der Waals surface area contributed by atoms with Gasteiger partial charge in [0.1, 0.15) is 5.67 Å². The number of hydrogen-bond acceptors (Lipinski definition) is 1.